The number of carbonyl (C=O) groups is 1. The highest BCUT2D eigenvalue weighted by atomic mass is 16.5. The number of ether oxygens (including phenoxy) is 1. The fraction of sp³-hybridized carbons (Fsp3) is 0.750. The number of aromatic amines is 1. The summed E-state index contributed by atoms with van der Waals surface area (Å²) in [5, 5.41) is 2.35. The first-order valence-corrected chi connectivity index (χ1v) is 7.83. The molecule has 0 bridgehead atoms. The minimum atomic E-state index is -0.270. The third-order valence-corrected chi connectivity index (χ3v) is 4.30. The van der Waals surface area contributed by atoms with Crippen LogP contribution in [-0.4, -0.2) is 35.8 Å². The molecule has 0 saturated carbocycles. The number of hydrogen-bond donors (Lipinski definition) is 1. The van der Waals surface area contributed by atoms with E-state index in [1.807, 2.05) is 4.90 Å². The van der Waals surface area contributed by atoms with E-state index in [9.17, 15) is 9.59 Å². The first-order valence-electron chi connectivity index (χ1n) is 7.83. The monoisotopic (exact) mass is 310 g/mol. The number of likely N-dealkylation sites (tertiary alicyclic amines) is 1. The smallest absolute Gasteiger partial charge is 0.409 e. The lowest BCUT2D eigenvalue weighted by Crippen LogP contribution is -2.46. The summed E-state index contributed by atoms with van der Waals surface area (Å²) in [7, 11) is 1.42. The molecular weight excluding hydrogens is 284 g/mol. The molecular formula is C16H26N2O4. The van der Waals surface area contributed by atoms with Crippen LogP contribution >= 0.6 is 0 Å². The van der Waals surface area contributed by atoms with Crippen LogP contribution in [0.3, 0.4) is 0 Å². The van der Waals surface area contributed by atoms with E-state index in [2.05, 4.69) is 25.9 Å². The topological polar surface area (TPSA) is 75.5 Å². The Bertz CT molecular complexity index is 555. The van der Waals surface area contributed by atoms with Gasteiger partial charge in [-0.2, -0.15) is 5.16 Å². The van der Waals surface area contributed by atoms with E-state index in [1.54, 1.807) is 0 Å². The van der Waals surface area contributed by atoms with Crippen LogP contribution in [0.2, 0.25) is 0 Å². The summed E-state index contributed by atoms with van der Waals surface area (Å²) in [4.78, 5) is 25.0. The lowest BCUT2D eigenvalue weighted by Gasteiger charge is -2.38. The van der Waals surface area contributed by atoms with Crippen molar-refractivity contribution in [1.29, 1.82) is 0 Å². The SMILES string of the molecule is COC(=O)N1CC[C@@H](c2cc(=O)[nH]o2)C[C@@H]1CCC(C)(C)C. The van der Waals surface area contributed by atoms with E-state index in [4.69, 9.17) is 9.26 Å². The number of nitrogens with zero attached hydrogens (tertiary/aromatic N) is 1. The van der Waals surface area contributed by atoms with Crippen molar-refractivity contribution in [2.24, 2.45) is 5.41 Å². The molecule has 124 valence electrons. The third-order valence-electron chi connectivity index (χ3n) is 4.30. The van der Waals surface area contributed by atoms with Crippen molar-refractivity contribution in [2.75, 3.05) is 13.7 Å². The second-order valence-corrected chi connectivity index (χ2v) is 7.25. The van der Waals surface area contributed by atoms with Crippen molar-refractivity contribution in [3.63, 3.8) is 0 Å². The maximum atomic E-state index is 12.0. The van der Waals surface area contributed by atoms with E-state index >= 15 is 0 Å². The zero-order chi connectivity index (χ0) is 16.3. The van der Waals surface area contributed by atoms with Crippen molar-refractivity contribution in [3.05, 3.63) is 22.2 Å². The molecule has 1 aliphatic heterocycles. The summed E-state index contributed by atoms with van der Waals surface area (Å²) in [6.45, 7) is 7.21. The Morgan fingerprint density at radius 2 is 2.23 bits per heavy atom. The molecule has 1 fully saturated rings. The highest BCUT2D eigenvalue weighted by Gasteiger charge is 2.34. The van der Waals surface area contributed by atoms with Crippen LogP contribution in [0.4, 0.5) is 4.79 Å². The van der Waals surface area contributed by atoms with Crippen molar-refractivity contribution in [1.82, 2.24) is 10.1 Å². The molecule has 1 N–H and O–H groups in total. The molecule has 2 atom stereocenters. The van der Waals surface area contributed by atoms with Crippen LogP contribution < -0.4 is 5.56 Å². The van der Waals surface area contributed by atoms with Gasteiger partial charge in [-0.25, -0.2) is 4.79 Å². The lowest BCUT2D eigenvalue weighted by atomic mass is 9.82. The molecule has 6 nitrogen and oxygen atoms in total. The number of carbonyl (C=O) groups excluding carboxylic acids is 1. The van der Waals surface area contributed by atoms with Gasteiger partial charge in [-0.3, -0.25) is 4.79 Å². The number of methoxy groups -OCH3 is 1. The molecule has 1 saturated heterocycles. The summed E-state index contributed by atoms with van der Waals surface area (Å²) < 4.78 is 10.2. The first-order chi connectivity index (χ1) is 10.3. The number of hydrogen-bond acceptors (Lipinski definition) is 4. The maximum Gasteiger partial charge on any atom is 0.409 e. The lowest BCUT2D eigenvalue weighted by molar-refractivity contribution is 0.0746. The zero-order valence-corrected chi connectivity index (χ0v) is 13.8. The summed E-state index contributed by atoms with van der Waals surface area (Å²) in [6, 6.07) is 1.63. The minimum absolute atomic E-state index is 0.116. The van der Waals surface area contributed by atoms with Gasteiger partial charge >= 0.3 is 6.09 Å². The second kappa shape index (κ2) is 6.58. The van der Waals surface area contributed by atoms with Gasteiger partial charge in [0, 0.05) is 24.6 Å². The average Bonchev–Trinajstić information content (AvgIpc) is 2.90. The summed E-state index contributed by atoms with van der Waals surface area (Å²) >= 11 is 0. The van der Waals surface area contributed by atoms with Crippen LogP contribution in [0.1, 0.15) is 58.1 Å². The Kier molecular flexibility index (Phi) is 4.98. The quantitative estimate of drug-likeness (QED) is 0.930. The largest absolute Gasteiger partial charge is 0.453 e. The Morgan fingerprint density at radius 3 is 2.77 bits per heavy atom. The van der Waals surface area contributed by atoms with E-state index in [0.717, 1.165) is 25.7 Å². The van der Waals surface area contributed by atoms with Crippen LogP contribution in [0.5, 0.6) is 0 Å². The molecule has 2 rings (SSSR count). The standard InChI is InChI=1S/C16H26N2O4/c1-16(2,3)7-5-12-9-11(13-10-14(19)17-22-13)6-8-18(12)15(20)21-4/h10-12H,5-9H2,1-4H3,(H,17,19)/t11-,12+/m1/s1. The van der Waals surface area contributed by atoms with E-state index in [1.165, 1.54) is 13.2 Å². The van der Waals surface area contributed by atoms with Crippen LogP contribution in [0.25, 0.3) is 0 Å². The summed E-state index contributed by atoms with van der Waals surface area (Å²) in [6.07, 6.45) is 3.25. The number of rotatable bonds is 3. The van der Waals surface area contributed by atoms with Gasteiger partial charge in [0.15, 0.2) is 0 Å². The van der Waals surface area contributed by atoms with Gasteiger partial charge in [0.1, 0.15) is 5.76 Å². The van der Waals surface area contributed by atoms with Crippen molar-refractivity contribution in [3.8, 4) is 0 Å². The number of piperidine rings is 1. The Balaban J connectivity index is 2.09. The van der Waals surface area contributed by atoms with Crippen LogP contribution in [0, 0.1) is 5.41 Å². The molecule has 0 unspecified atom stereocenters. The van der Waals surface area contributed by atoms with Crippen molar-refractivity contribution < 1.29 is 14.1 Å². The number of H-pyrrole nitrogens is 1. The molecule has 0 aromatic carbocycles. The molecule has 22 heavy (non-hydrogen) atoms. The maximum absolute atomic E-state index is 12.0. The first kappa shape index (κ1) is 16.6. The predicted molar refractivity (Wildman–Crippen MR) is 82.9 cm³/mol. The third kappa shape index (κ3) is 4.15. The molecule has 1 aliphatic rings. The van der Waals surface area contributed by atoms with Gasteiger partial charge in [-0.1, -0.05) is 20.8 Å². The highest BCUT2D eigenvalue weighted by molar-refractivity contribution is 5.68. The number of amides is 1. The van der Waals surface area contributed by atoms with Crippen molar-refractivity contribution >= 4 is 6.09 Å². The highest BCUT2D eigenvalue weighted by Crippen LogP contribution is 2.35. The number of aromatic nitrogens is 1. The van der Waals surface area contributed by atoms with Gasteiger partial charge in [0.25, 0.3) is 5.56 Å². The van der Waals surface area contributed by atoms with Gasteiger partial charge in [-0.15, -0.1) is 0 Å². The molecule has 6 heteroatoms. The minimum Gasteiger partial charge on any atom is -0.453 e. The molecule has 1 aromatic heterocycles. The Morgan fingerprint density at radius 1 is 1.50 bits per heavy atom. The van der Waals surface area contributed by atoms with E-state index in [0.29, 0.717) is 12.3 Å². The normalized spacial score (nSPS) is 22.6. The predicted octanol–water partition coefficient (Wildman–Crippen LogP) is 3.11. The van der Waals surface area contributed by atoms with Gasteiger partial charge in [0.2, 0.25) is 0 Å². The van der Waals surface area contributed by atoms with E-state index in [-0.39, 0.29) is 29.0 Å². The molecule has 1 aromatic rings. The summed E-state index contributed by atoms with van der Waals surface area (Å²) in [5.74, 6) is 0.861. The van der Waals surface area contributed by atoms with Gasteiger partial charge < -0.3 is 14.2 Å². The summed E-state index contributed by atoms with van der Waals surface area (Å²) in [5.41, 5.74) is 0.00619. The molecule has 0 radical (unpaired) electrons. The second-order valence-electron chi connectivity index (χ2n) is 7.25. The molecule has 2 heterocycles. The van der Waals surface area contributed by atoms with Crippen molar-refractivity contribution in [2.45, 2.75) is 58.4 Å². The van der Waals surface area contributed by atoms with Crippen LogP contribution in [0.15, 0.2) is 15.4 Å². The zero-order valence-electron chi connectivity index (χ0n) is 13.8. The van der Waals surface area contributed by atoms with Gasteiger partial charge in [0.05, 0.1) is 7.11 Å². The van der Waals surface area contributed by atoms with Gasteiger partial charge in [-0.05, 0) is 31.1 Å². The Labute approximate surface area is 130 Å². The fourth-order valence-electron chi connectivity index (χ4n) is 3.04. The molecule has 0 aliphatic carbocycles. The fourth-order valence-corrected chi connectivity index (χ4v) is 3.04. The van der Waals surface area contributed by atoms with E-state index < -0.39 is 0 Å². The average molecular weight is 310 g/mol. The number of nitrogens with one attached hydrogen (secondary N) is 1. The van der Waals surface area contributed by atoms with Crippen LogP contribution in [-0.2, 0) is 4.74 Å². The Hall–Kier alpha value is -1.72. The molecule has 1 amide bonds. The molecule has 0 spiro atoms.